The van der Waals surface area contributed by atoms with Crippen molar-refractivity contribution in [1.29, 1.82) is 0 Å². The Labute approximate surface area is 83.5 Å². The fourth-order valence-corrected chi connectivity index (χ4v) is 0.995. The molecule has 0 bridgehead atoms. The summed E-state index contributed by atoms with van der Waals surface area (Å²) in [6.07, 6.45) is 1.61. The number of pyridine rings is 1. The van der Waals surface area contributed by atoms with Crippen molar-refractivity contribution < 1.29 is 14.6 Å². The predicted octanol–water partition coefficient (Wildman–Crippen LogP) is 0.989. The molecule has 0 saturated carbocycles. The molecule has 1 aromatic heterocycles. The molecule has 1 heterocycles. The zero-order valence-corrected chi connectivity index (χ0v) is 8.27. The summed E-state index contributed by atoms with van der Waals surface area (Å²) in [5.41, 5.74) is 0.610. The van der Waals surface area contributed by atoms with Gasteiger partial charge in [-0.3, -0.25) is 4.98 Å². The SMILES string of the molecule is CCOCCOc1ccnc(CO)c1. The Bertz CT molecular complexity index is 265. The molecule has 0 saturated heterocycles. The van der Waals surface area contributed by atoms with E-state index in [-0.39, 0.29) is 6.61 Å². The van der Waals surface area contributed by atoms with E-state index in [1.165, 1.54) is 0 Å². The monoisotopic (exact) mass is 197 g/mol. The van der Waals surface area contributed by atoms with Gasteiger partial charge in [0.1, 0.15) is 12.4 Å². The zero-order chi connectivity index (χ0) is 10.2. The number of hydrogen-bond acceptors (Lipinski definition) is 4. The molecule has 1 N–H and O–H groups in total. The Morgan fingerprint density at radius 2 is 2.29 bits per heavy atom. The Hall–Kier alpha value is -1.13. The van der Waals surface area contributed by atoms with Gasteiger partial charge in [0.25, 0.3) is 0 Å². The fourth-order valence-electron chi connectivity index (χ4n) is 0.995. The van der Waals surface area contributed by atoms with E-state index in [4.69, 9.17) is 14.6 Å². The summed E-state index contributed by atoms with van der Waals surface area (Å²) in [4.78, 5) is 3.94. The lowest BCUT2D eigenvalue weighted by molar-refractivity contribution is 0.110. The average molecular weight is 197 g/mol. The zero-order valence-electron chi connectivity index (χ0n) is 8.27. The van der Waals surface area contributed by atoms with E-state index in [0.717, 1.165) is 0 Å². The van der Waals surface area contributed by atoms with E-state index >= 15 is 0 Å². The quantitative estimate of drug-likeness (QED) is 0.691. The molecule has 0 radical (unpaired) electrons. The summed E-state index contributed by atoms with van der Waals surface area (Å²) in [5, 5.41) is 8.83. The molecule has 1 rings (SSSR count). The first-order valence-electron chi connectivity index (χ1n) is 4.63. The second-order valence-electron chi connectivity index (χ2n) is 2.69. The van der Waals surface area contributed by atoms with Crippen LogP contribution in [0.25, 0.3) is 0 Å². The van der Waals surface area contributed by atoms with Crippen LogP contribution in [0.3, 0.4) is 0 Å². The largest absolute Gasteiger partial charge is 0.491 e. The number of ether oxygens (including phenoxy) is 2. The third-order valence-corrected chi connectivity index (χ3v) is 1.65. The maximum atomic E-state index is 8.83. The van der Waals surface area contributed by atoms with Gasteiger partial charge in [-0.2, -0.15) is 0 Å². The Balaban J connectivity index is 2.34. The highest BCUT2D eigenvalue weighted by Crippen LogP contribution is 2.10. The van der Waals surface area contributed by atoms with Gasteiger partial charge in [0.2, 0.25) is 0 Å². The van der Waals surface area contributed by atoms with Crippen molar-refractivity contribution in [3.05, 3.63) is 24.0 Å². The van der Waals surface area contributed by atoms with Crippen molar-refractivity contribution >= 4 is 0 Å². The third kappa shape index (κ3) is 3.72. The maximum absolute atomic E-state index is 8.83. The second kappa shape index (κ2) is 6.34. The van der Waals surface area contributed by atoms with Crippen molar-refractivity contribution in [2.24, 2.45) is 0 Å². The molecule has 0 spiro atoms. The first kappa shape index (κ1) is 10.9. The minimum absolute atomic E-state index is 0.0668. The van der Waals surface area contributed by atoms with Gasteiger partial charge >= 0.3 is 0 Å². The van der Waals surface area contributed by atoms with Crippen LogP contribution < -0.4 is 4.74 Å². The van der Waals surface area contributed by atoms with Crippen LogP contribution in [-0.4, -0.2) is 29.9 Å². The summed E-state index contributed by atoms with van der Waals surface area (Å²) < 4.78 is 10.5. The van der Waals surface area contributed by atoms with E-state index in [1.807, 2.05) is 6.92 Å². The minimum atomic E-state index is -0.0668. The molecule has 0 fully saturated rings. The molecule has 0 aliphatic heterocycles. The van der Waals surface area contributed by atoms with Gasteiger partial charge in [-0.15, -0.1) is 0 Å². The van der Waals surface area contributed by atoms with Gasteiger partial charge in [-0.1, -0.05) is 0 Å². The Morgan fingerprint density at radius 1 is 1.43 bits per heavy atom. The predicted molar refractivity (Wildman–Crippen MR) is 52.1 cm³/mol. The molecule has 0 amide bonds. The van der Waals surface area contributed by atoms with Crippen molar-refractivity contribution in [2.45, 2.75) is 13.5 Å². The number of hydrogen-bond donors (Lipinski definition) is 1. The normalized spacial score (nSPS) is 10.1. The molecular formula is C10H15NO3. The molecule has 0 atom stereocenters. The van der Waals surface area contributed by atoms with Crippen LogP contribution in [0.5, 0.6) is 5.75 Å². The Morgan fingerprint density at radius 3 is 3.00 bits per heavy atom. The van der Waals surface area contributed by atoms with Gasteiger partial charge in [-0.05, 0) is 13.0 Å². The first-order valence-corrected chi connectivity index (χ1v) is 4.63. The van der Waals surface area contributed by atoms with Crippen LogP contribution in [0.4, 0.5) is 0 Å². The molecular weight excluding hydrogens is 182 g/mol. The molecule has 0 aromatic carbocycles. The third-order valence-electron chi connectivity index (χ3n) is 1.65. The van der Waals surface area contributed by atoms with Gasteiger partial charge in [0.15, 0.2) is 0 Å². The summed E-state index contributed by atoms with van der Waals surface area (Å²) >= 11 is 0. The molecule has 78 valence electrons. The number of aliphatic hydroxyl groups excluding tert-OH is 1. The standard InChI is InChI=1S/C10H15NO3/c1-2-13-5-6-14-10-3-4-11-9(7-10)8-12/h3-4,7,12H,2,5-6,8H2,1H3. The summed E-state index contributed by atoms with van der Waals surface area (Å²) in [7, 11) is 0. The highest BCUT2D eigenvalue weighted by molar-refractivity contribution is 5.22. The van der Waals surface area contributed by atoms with Crippen LogP contribution in [-0.2, 0) is 11.3 Å². The van der Waals surface area contributed by atoms with Crippen molar-refractivity contribution in [3.8, 4) is 5.75 Å². The number of aromatic nitrogens is 1. The molecule has 0 aliphatic carbocycles. The van der Waals surface area contributed by atoms with Gasteiger partial charge in [0.05, 0.1) is 18.9 Å². The number of rotatable bonds is 6. The smallest absolute Gasteiger partial charge is 0.122 e. The summed E-state index contributed by atoms with van der Waals surface area (Å²) in [5.74, 6) is 0.712. The molecule has 1 aromatic rings. The lowest BCUT2D eigenvalue weighted by Crippen LogP contribution is -2.06. The summed E-state index contributed by atoms with van der Waals surface area (Å²) in [6, 6.07) is 3.47. The highest BCUT2D eigenvalue weighted by Gasteiger charge is 1.96. The number of aliphatic hydroxyl groups is 1. The number of nitrogens with zero attached hydrogens (tertiary/aromatic N) is 1. The average Bonchev–Trinajstić information content (AvgIpc) is 2.25. The van der Waals surface area contributed by atoms with Crippen LogP contribution in [0.2, 0.25) is 0 Å². The van der Waals surface area contributed by atoms with E-state index in [9.17, 15) is 0 Å². The molecule has 14 heavy (non-hydrogen) atoms. The molecule has 4 nitrogen and oxygen atoms in total. The molecule has 0 unspecified atom stereocenters. The van der Waals surface area contributed by atoms with Gasteiger partial charge in [-0.25, -0.2) is 0 Å². The van der Waals surface area contributed by atoms with E-state index in [0.29, 0.717) is 31.3 Å². The molecule has 4 heteroatoms. The second-order valence-corrected chi connectivity index (χ2v) is 2.69. The van der Waals surface area contributed by atoms with Crippen LogP contribution in [0.15, 0.2) is 18.3 Å². The maximum Gasteiger partial charge on any atom is 0.122 e. The van der Waals surface area contributed by atoms with Crippen molar-refractivity contribution in [1.82, 2.24) is 4.98 Å². The Kier molecular flexibility index (Phi) is 4.96. The van der Waals surface area contributed by atoms with E-state index < -0.39 is 0 Å². The molecule has 0 aliphatic rings. The van der Waals surface area contributed by atoms with Gasteiger partial charge in [0, 0.05) is 18.9 Å². The lowest BCUT2D eigenvalue weighted by atomic mass is 10.3. The first-order chi connectivity index (χ1) is 6.86. The van der Waals surface area contributed by atoms with E-state index in [1.54, 1.807) is 18.3 Å². The topological polar surface area (TPSA) is 51.6 Å². The van der Waals surface area contributed by atoms with Crippen LogP contribution >= 0.6 is 0 Å². The van der Waals surface area contributed by atoms with Crippen molar-refractivity contribution in [3.63, 3.8) is 0 Å². The van der Waals surface area contributed by atoms with Crippen LogP contribution in [0.1, 0.15) is 12.6 Å². The highest BCUT2D eigenvalue weighted by atomic mass is 16.5. The minimum Gasteiger partial charge on any atom is -0.491 e. The van der Waals surface area contributed by atoms with E-state index in [2.05, 4.69) is 4.98 Å². The van der Waals surface area contributed by atoms with Crippen LogP contribution in [0, 0.1) is 0 Å². The lowest BCUT2D eigenvalue weighted by Gasteiger charge is -2.06. The van der Waals surface area contributed by atoms with Crippen molar-refractivity contribution in [2.75, 3.05) is 19.8 Å². The summed E-state index contributed by atoms with van der Waals surface area (Å²) in [6.45, 7) is 3.66. The van der Waals surface area contributed by atoms with Gasteiger partial charge < -0.3 is 14.6 Å². The fraction of sp³-hybridized carbons (Fsp3) is 0.500.